The molecule has 152 valence electrons. The quantitative estimate of drug-likeness (QED) is 0.239. The van der Waals surface area contributed by atoms with Crippen LogP contribution in [0.4, 0.5) is 17.1 Å². The first-order valence-electron chi connectivity index (χ1n) is 8.45. The molecule has 0 atom stereocenters. The summed E-state index contributed by atoms with van der Waals surface area (Å²) < 4.78 is 5.68. The van der Waals surface area contributed by atoms with Gasteiger partial charge in [-0.3, -0.25) is 25.2 Å². The van der Waals surface area contributed by atoms with E-state index < -0.39 is 21.2 Å². The lowest BCUT2D eigenvalue weighted by molar-refractivity contribution is -0.394. The highest BCUT2D eigenvalue weighted by atomic mass is 35.5. The lowest BCUT2D eigenvalue weighted by Crippen LogP contribution is -1.97. The van der Waals surface area contributed by atoms with Crippen molar-refractivity contribution in [2.75, 3.05) is 0 Å². The van der Waals surface area contributed by atoms with Crippen molar-refractivity contribution < 1.29 is 14.6 Å². The standard InChI is InChI=1S/C20H13Cl2N3O5/c1-12-2-4-15(9-17(12)22)23-11-13-8-14(21)3-6-19(13)30-20-7-5-16(24(26)27)10-18(20)25(28)29/h2-11H,1H3. The molecule has 30 heavy (non-hydrogen) atoms. The van der Waals surface area contributed by atoms with Gasteiger partial charge >= 0.3 is 5.69 Å². The molecule has 0 heterocycles. The molecule has 0 saturated carbocycles. The number of nitro benzene ring substituents is 2. The molecule has 0 aliphatic carbocycles. The van der Waals surface area contributed by atoms with E-state index in [1.54, 1.807) is 24.3 Å². The molecule has 3 aromatic carbocycles. The molecule has 0 unspecified atom stereocenters. The largest absolute Gasteiger partial charge is 0.449 e. The summed E-state index contributed by atoms with van der Waals surface area (Å²) in [6, 6.07) is 13.1. The molecule has 0 bridgehead atoms. The minimum absolute atomic E-state index is 0.152. The number of benzene rings is 3. The van der Waals surface area contributed by atoms with E-state index in [9.17, 15) is 20.2 Å². The van der Waals surface area contributed by atoms with Crippen LogP contribution in [0.25, 0.3) is 0 Å². The van der Waals surface area contributed by atoms with E-state index in [4.69, 9.17) is 27.9 Å². The highest BCUT2D eigenvalue weighted by molar-refractivity contribution is 6.31. The van der Waals surface area contributed by atoms with E-state index in [0.29, 0.717) is 21.3 Å². The molecule has 0 saturated heterocycles. The Morgan fingerprint density at radius 3 is 2.33 bits per heavy atom. The molecule has 0 amide bonds. The minimum Gasteiger partial charge on any atom is -0.449 e. The maximum Gasteiger partial charge on any atom is 0.318 e. The van der Waals surface area contributed by atoms with E-state index in [1.165, 1.54) is 18.3 Å². The first-order valence-corrected chi connectivity index (χ1v) is 9.20. The summed E-state index contributed by atoms with van der Waals surface area (Å²) in [6.07, 6.45) is 1.49. The van der Waals surface area contributed by atoms with Gasteiger partial charge in [0.05, 0.1) is 21.6 Å². The van der Waals surface area contributed by atoms with Crippen molar-refractivity contribution >= 4 is 46.5 Å². The van der Waals surface area contributed by atoms with Crippen molar-refractivity contribution in [1.82, 2.24) is 0 Å². The van der Waals surface area contributed by atoms with Crippen LogP contribution >= 0.6 is 23.2 Å². The zero-order valence-electron chi connectivity index (χ0n) is 15.4. The van der Waals surface area contributed by atoms with Crippen LogP contribution in [-0.2, 0) is 0 Å². The van der Waals surface area contributed by atoms with Gasteiger partial charge in [-0.15, -0.1) is 0 Å². The molecule has 0 N–H and O–H groups in total. The molecule has 8 nitrogen and oxygen atoms in total. The number of nitro groups is 2. The lowest BCUT2D eigenvalue weighted by atomic mass is 10.2. The van der Waals surface area contributed by atoms with Crippen LogP contribution in [0.5, 0.6) is 11.5 Å². The molecule has 0 fully saturated rings. The molecule has 0 radical (unpaired) electrons. The van der Waals surface area contributed by atoms with Crippen LogP contribution < -0.4 is 4.74 Å². The summed E-state index contributed by atoms with van der Waals surface area (Å²) in [5.41, 5.74) is 1.01. The number of hydrogen-bond acceptors (Lipinski definition) is 6. The van der Waals surface area contributed by atoms with E-state index in [0.717, 1.165) is 17.7 Å². The van der Waals surface area contributed by atoms with Gasteiger partial charge in [0.1, 0.15) is 5.75 Å². The first-order chi connectivity index (χ1) is 14.2. The first kappa shape index (κ1) is 21.2. The van der Waals surface area contributed by atoms with Gasteiger partial charge in [-0.25, -0.2) is 0 Å². The van der Waals surface area contributed by atoms with Gasteiger partial charge in [-0.05, 0) is 48.9 Å². The fourth-order valence-electron chi connectivity index (χ4n) is 2.49. The highest BCUT2D eigenvalue weighted by Gasteiger charge is 2.21. The van der Waals surface area contributed by atoms with Gasteiger partial charge in [0.2, 0.25) is 5.75 Å². The summed E-state index contributed by atoms with van der Waals surface area (Å²) >= 11 is 12.2. The third kappa shape index (κ3) is 4.91. The maximum atomic E-state index is 11.3. The van der Waals surface area contributed by atoms with Crippen molar-refractivity contribution in [1.29, 1.82) is 0 Å². The summed E-state index contributed by atoms with van der Waals surface area (Å²) in [7, 11) is 0. The third-order valence-corrected chi connectivity index (χ3v) is 4.69. The van der Waals surface area contributed by atoms with Crippen LogP contribution in [0.1, 0.15) is 11.1 Å². The topological polar surface area (TPSA) is 108 Å². The molecule has 3 rings (SSSR count). The number of aliphatic imine (C=N–C) groups is 1. The Morgan fingerprint density at radius 1 is 0.933 bits per heavy atom. The Kier molecular flexibility index (Phi) is 6.29. The Bertz CT molecular complexity index is 1180. The zero-order chi connectivity index (χ0) is 21.8. The summed E-state index contributed by atoms with van der Waals surface area (Å²) in [4.78, 5) is 25.1. The second kappa shape index (κ2) is 8.89. The number of aryl methyl sites for hydroxylation is 1. The molecule has 0 aliphatic rings. The summed E-state index contributed by atoms with van der Waals surface area (Å²) in [6.45, 7) is 1.87. The van der Waals surface area contributed by atoms with Crippen molar-refractivity contribution in [3.63, 3.8) is 0 Å². The van der Waals surface area contributed by atoms with E-state index in [1.807, 2.05) is 13.0 Å². The van der Waals surface area contributed by atoms with E-state index in [2.05, 4.69) is 4.99 Å². The maximum absolute atomic E-state index is 11.3. The highest BCUT2D eigenvalue weighted by Crippen LogP contribution is 2.36. The third-order valence-electron chi connectivity index (χ3n) is 4.05. The lowest BCUT2D eigenvalue weighted by Gasteiger charge is -2.09. The molecule has 0 aliphatic heterocycles. The number of ether oxygens (including phenoxy) is 1. The number of non-ortho nitro benzene ring substituents is 1. The summed E-state index contributed by atoms with van der Waals surface area (Å²) in [5.74, 6) is 0.0827. The molecule has 3 aromatic rings. The fourth-order valence-corrected chi connectivity index (χ4v) is 2.84. The van der Waals surface area contributed by atoms with Crippen LogP contribution in [-0.4, -0.2) is 16.1 Å². The second-order valence-corrected chi connectivity index (χ2v) is 6.99. The van der Waals surface area contributed by atoms with E-state index >= 15 is 0 Å². The second-order valence-electron chi connectivity index (χ2n) is 6.14. The van der Waals surface area contributed by atoms with Gasteiger partial charge in [-0.2, -0.15) is 0 Å². The van der Waals surface area contributed by atoms with Crippen molar-refractivity contribution in [2.24, 2.45) is 4.99 Å². The Balaban J connectivity index is 1.98. The Morgan fingerprint density at radius 2 is 1.67 bits per heavy atom. The molecule has 0 spiro atoms. The minimum atomic E-state index is -0.750. The summed E-state index contributed by atoms with van der Waals surface area (Å²) in [5, 5.41) is 23.2. The van der Waals surface area contributed by atoms with Gasteiger partial charge in [0, 0.05) is 27.9 Å². The van der Waals surface area contributed by atoms with Crippen LogP contribution in [0.3, 0.4) is 0 Å². The monoisotopic (exact) mass is 445 g/mol. The Labute approximate surface area is 180 Å². The number of rotatable bonds is 6. The van der Waals surface area contributed by atoms with Crippen molar-refractivity contribution in [3.05, 3.63) is 96.0 Å². The van der Waals surface area contributed by atoms with Gasteiger partial charge in [-0.1, -0.05) is 29.3 Å². The predicted octanol–water partition coefficient (Wildman–Crippen LogP) is 6.66. The average Bonchev–Trinajstić information content (AvgIpc) is 2.70. The SMILES string of the molecule is Cc1ccc(N=Cc2cc(Cl)ccc2Oc2ccc([N+](=O)[O-])cc2[N+](=O)[O-])cc1Cl. The van der Waals surface area contributed by atoms with Crippen LogP contribution in [0.2, 0.25) is 10.0 Å². The smallest absolute Gasteiger partial charge is 0.318 e. The molecule has 10 heteroatoms. The van der Waals surface area contributed by atoms with Crippen LogP contribution in [0, 0.1) is 27.2 Å². The van der Waals surface area contributed by atoms with E-state index in [-0.39, 0.29) is 11.5 Å². The zero-order valence-corrected chi connectivity index (χ0v) is 16.9. The van der Waals surface area contributed by atoms with Crippen molar-refractivity contribution in [3.8, 4) is 11.5 Å². The molecular formula is C20H13Cl2N3O5. The van der Waals surface area contributed by atoms with Gasteiger partial charge in [0.15, 0.2) is 0 Å². The fraction of sp³-hybridized carbons (Fsp3) is 0.0500. The average molecular weight is 446 g/mol. The van der Waals surface area contributed by atoms with Crippen molar-refractivity contribution in [2.45, 2.75) is 6.92 Å². The molecular weight excluding hydrogens is 433 g/mol. The number of halogens is 2. The van der Waals surface area contributed by atoms with Gasteiger partial charge in [0.25, 0.3) is 5.69 Å². The molecule has 0 aromatic heterocycles. The number of nitrogens with zero attached hydrogens (tertiary/aromatic N) is 3. The number of hydrogen-bond donors (Lipinski definition) is 0. The van der Waals surface area contributed by atoms with Crippen LogP contribution in [0.15, 0.2) is 59.6 Å². The normalized spacial score (nSPS) is 10.9. The van der Waals surface area contributed by atoms with Gasteiger partial charge < -0.3 is 4.74 Å². The predicted molar refractivity (Wildman–Crippen MR) is 115 cm³/mol. The Hall–Kier alpha value is -3.49.